The summed E-state index contributed by atoms with van der Waals surface area (Å²) in [4.78, 5) is 0. The van der Waals surface area contributed by atoms with Crippen molar-refractivity contribution in [1.29, 1.82) is 0 Å². The highest BCUT2D eigenvalue weighted by molar-refractivity contribution is 14.1. The van der Waals surface area contributed by atoms with E-state index in [-0.39, 0.29) is 6.10 Å². The van der Waals surface area contributed by atoms with E-state index in [9.17, 15) is 0 Å². The molecule has 1 aliphatic heterocycles. The molecule has 0 saturated heterocycles. The molecule has 2 aromatic rings. The SMILES string of the molecule is COc1ccc(-n2nc(I)c3c2C[C@H](C)OC3)cc1. The van der Waals surface area contributed by atoms with E-state index in [0.717, 1.165) is 21.6 Å². The summed E-state index contributed by atoms with van der Waals surface area (Å²) >= 11 is 2.28. The van der Waals surface area contributed by atoms with Gasteiger partial charge in [0.25, 0.3) is 0 Å². The molecule has 5 heteroatoms. The van der Waals surface area contributed by atoms with E-state index in [4.69, 9.17) is 9.47 Å². The molecule has 0 amide bonds. The van der Waals surface area contributed by atoms with Gasteiger partial charge in [0, 0.05) is 12.0 Å². The summed E-state index contributed by atoms with van der Waals surface area (Å²) in [5.41, 5.74) is 3.54. The van der Waals surface area contributed by atoms with Crippen molar-refractivity contribution in [3.8, 4) is 11.4 Å². The van der Waals surface area contributed by atoms with Crippen molar-refractivity contribution in [3.05, 3.63) is 39.2 Å². The smallest absolute Gasteiger partial charge is 0.129 e. The molecule has 1 aromatic heterocycles. The van der Waals surface area contributed by atoms with E-state index in [1.165, 1.54) is 11.3 Å². The van der Waals surface area contributed by atoms with Crippen molar-refractivity contribution in [3.63, 3.8) is 0 Å². The van der Waals surface area contributed by atoms with Crippen LogP contribution in [0.3, 0.4) is 0 Å². The number of methoxy groups -OCH3 is 1. The van der Waals surface area contributed by atoms with Gasteiger partial charge in [0.15, 0.2) is 0 Å². The molecule has 3 rings (SSSR count). The van der Waals surface area contributed by atoms with Gasteiger partial charge < -0.3 is 9.47 Å². The fourth-order valence-corrected chi connectivity index (χ4v) is 2.98. The lowest BCUT2D eigenvalue weighted by atomic mass is 10.1. The average Bonchev–Trinajstić information content (AvgIpc) is 2.75. The lowest BCUT2D eigenvalue weighted by molar-refractivity contribution is 0.0395. The van der Waals surface area contributed by atoms with Gasteiger partial charge in [-0.1, -0.05) is 0 Å². The summed E-state index contributed by atoms with van der Waals surface area (Å²) in [6.45, 7) is 2.76. The summed E-state index contributed by atoms with van der Waals surface area (Å²) in [5.74, 6) is 0.858. The number of fused-ring (bicyclic) bond motifs is 1. The van der Waals surface area contributed by atoms with Gasteiger partial charge >= 0.3 is 0 Å². The second kappa shape index (κ2) is 5.13. The molecule has 1 aliphatic rings. The lowest BCUT2D eigenvalue weighted by Crippen LogP contribution is -2.20. The maximum absolute atomic E-state index is 5.69. The number of hydrogen-bond acceptors (Lipinski definition) is 3. The Bertz CT molecular complexity index is 592. The van der Waals surface area contributed by atoms with Crippen LogP contribution in [0, 0.1) is 3.70 Å². The highest BCUT2D eigenvalue weighted by Crippen LogP contribution is 2.27. The third-order valence-electron chi connectivity index (χ3n) is 3.35. The van der Waals surface area contributed by atoms with Crippen molar-refractivity contribution in [2.75, 3.05) is 7.11 Å². The second-order valence-corrected chi connectivity index (χ2v) is 5.67. The number of benzene rings is 1. The summed E-state index contributed by atoms with van der Waals surface area (Å²) in [7, 11) is 1.67. The predicted molar refractivity (Wildman–Crippen MR) is 80.8 cm³/mol. The molecular weight excluding hydrogens is 355 g/mol. The van der Waals surface area contributed by atoms with Crippen LogP contribution in [0.25, 0.3) is 5.69 Å². The Morgan fingerprint density at radius 2 is 2.11 bits per heavy atom. The van der Waals surface area contributed by atoms with Crippen molar-refractivity contribution in [2.45, 2.75) is 26.1 Å². The normalized spacial score (nSPS) is 18.2. The van der Waals surface area contributed by atoms with Gasteiger partial charge in [-0.15, -0.1) is 0 Å². The molecule has 0 saturated carbocycles. The Morgan fingerprint density at radius 1 is 1.37 bits per heavy atom. The Morgan fingerprint density at radius 3 is 2.79 bits per heavy atom. The molecule has 0 aliphatic carbocycles. The summed E-state index contributed by atoms with van der Waals surface area (Å²) in [6.07, 6.45) is 1.15. The Kier molecular flexibility index (Phi) is 3.49. The number of halogens is 1. The maximum Gasteiger partial charge on any atom is 0.129 e. The summed E-state index contributed by atoms with van der Waals surface area (Å²) in [6, 6.07) is 7.97. The van der Waals surface area contributed by atoms with Gasteiger partial charge in [0.2, 0.25) is 0 Å². The van der Waals surface area contributed by atoms with Crippen LogP contribution in [-0.4, -0.2) is 23.0 Å². The van der Waals surface area contributed by atoms with E-state index in [2.05, 4.69) is 34.6 Å². The number of nitrogens with zero attached hydrogens (tertiary/aromatic N) is 2. The third kappa shape index (κ3) is 2.36. The van der Waals surface area contributed by atoms with Gasteiger partial charge in [0.05, 0.1) is 31.2 Å². The molecule has 100 valence electrons. The molecular formula is C14H15IN2O2. The first kappa shape index (κ1) is 12.9. The number of rotatable bonds is 2. The Labute approximate surface area is 125 Å². The van der Waals surface area contributed by atoms with Crippen LogP contribution in [-0.2, 0) is 17.8 Å². The quantitative estimate of drug-likeness (QED) is 0.763. The fourth-order valence-electron chi connectivity index (χ4n) is 2.30. The van der Waals surface area contributed by atoms with E-state index in [0.29, 0.717) is 6.61 Å². The van der Waals surface area contributed by atoms with Crippen LogP contribution in [0.1, 0.15) is 18.2 Å². The van der Waals surface area contributed by atoms with E-state index >= 15 is 0 Å². The van der Waals surface area contributed by atoms with Gasteiger partial charge in [-0.3, -0.25) is 0 Å². The van der Waals surface area contributed by atoms with E-state index < -0.39 is 0 Å². The molecule has 0 fully saturated rings. The highest BCUT2D eigenvalue weighted by atomic mass is 127. The molecule has 19 heavy (non-hydrogen) atoms. The maximum atomic E-state index is 5.69. The molecule has 0 N–H and O–H groups in total. The first-order valence-corrected chi connectivity index (χ1v) is 7.29. The topological polar surface area (TPSA) is 36.3 Å². The average molecular weight is 370 g/mol. The first-order valence-electron chi connectivity index (χ1n) is 6.21. The van der Waals surface area contributed by atoms with Crippen LogP contribution in [0.4, 0.5) is 0 Å². The number of hydrogen-bond donors (Lipinski definition) is 0. The lowest BCUT2D eigenvalue weighted by Gasteiger charge is -2.20. The van der Waals surface area contributed by atoms with Crippen LogP contribution in [0.15, 0.2) is 24.3 Å². The molecule has 1 atom stereocenters. The molecule has 4 nitrogen and oxygen atoms in total. The zero-order valence-electron chi connectivity index (χ0n) is 10.9. The molecule has 1 aromatic carbocycles. The van der Waals surface area contributed by atoms with Crippen molar-refractivity contribution in [1.82, 2.24) is 9.78 Å². The van der Waals surface area contributed by atoms with E-state index in [1.807, 2.05) is 28.9 Å². The highest BCUT2D eigenvalue weighted by Gasteiger charge is 2.24. The van der Waals surface area contributed by atoms with Gasteiger partial charge in [0.1, 0.15) is 9.45 Å². The number of ether oxygens (including phenoxy) is 2. The minimum absolute atomic E-state index is 0.247. The van der Waals surface area contributed by atoms with Crippen LogP contribution in [0.5, 0.6) is 5.75 Å². The third-order valence-corrected chi connectivity index (χ3v) is 4.22. The largest absolute Gasteiger partial charge is 0.497 e. The van der Waals surface area contributed by atoms with E-state index in [1.54, 1.807) is 7.11 Å². The Hall–Kier alpha value is -1.08. The van der Waals surface area contributed by atoms with Crippen molar-refractivity contribution >= 4 is 22.6 Å². The monoisotopic (exact) mass is 370 g/mol. The molecule has 0 bridgehead atoms. The van der Waals surface area contributed by atoms with Crippen LogP contribution in [0.2, 0.25) is 0 Å². The minimum atomic E-state index is 0.247. The van der Waals surface area contributed by atoms with Crippen LogP contribution < -0.4 is 4.74 Å². The predicted octanol–water partition coefficient (Wildman–Crippen LogP) is 2.95. The van der Waals surface area contributed by atoms with Crippen molar-refractivity contribution < 1.29 is 9.47 Å². The fraction of sp³-hybridized carbons (Fsp3) is 0.357. The second-order valence-electron chi connectivity index (χ2n) is 4.65. The summed E-state index contributed by atoms with van der Waals surface area (Å²) < 4.78 is 13.9. The zero-order valence-corrected chi connectivity index (χ0v) is 13.0. The minimum Gasteiger partial charge on any atom is -0.497 e. The molecule has 0 spiro atoms. The zero-order chi connectivity index (χ0) is 13.4. The number of aromatic nitrogens is 2. The molecule has 0 unspecified atom stereocenters. The standard InChI is InChI=1S/C14H15IN2O2/c1-9-7-13-12(8-19-9)14(15)16-17(13)10-3-5-11(18-2)6-4-10/h3-6,9H,7-8H2,1-2H3/t9-/m0/s1. The van der Waals surface area contributed by atoms with Gasteiger partial charge in [-0.2, -0.15) is 5.10 Å². The Balaban J connectivity index is 2.04. The molecule has 2 heterocycles. The van der Waals surface area contributed by atoms with Gasteiger partial charge in [-0.05, 0) is 53.8 Å². The first-order chi connectivity index (χ1) is 9.19. The van der Waals surface area contributed by atoms with Gasteiger partial charge in [-0.25, -0.2) is 4.68 Å². The summed E-state index contributed by atoms with van der Waals surface area (Å²) in [5, 5.41) is 4.63. The van der Waals surface area contributed by atoms with Crippen LogP contribution >= 0.6 is 22.6 Å². The van der Waals surface area contributed by atoms with Crippen molar-refractivity contribution in [2.24, 2.45) is 0 Å². The molecule has 0 radical (unpaired) electrons.